The summed E-state index contributed by atoms with van der Waals surface area (Å²) in [6, 6.07) is 1.68. The monoisotopic (exact) mass is 272 g/mol. The van der Waals surface area contributed by atoms with Crippen LogP contribution < -0.4 is 5.56 Å². The molecule has 0 amide bonds. The van der Waals surface area contributed by atoms with Crippen LogP contribution in [0.25, 0.3) is 0 Å². The van der Waals surface area contributed by atoms with Gasteiger partial charge in [-0.1, -0.05) is 35.2 Å². The number of nitrogens with one attached hydrogen (secondary N) is 1. The highest BCUT2D eigenvalue weighted by Crippen LogP contribution is 2.24. The molecule has 1 aromatic heterocycles. The van der Waals surface area contributed by atoms with Gasteiger partial charge < -0.3 is 0 Å². The van der Waals surface area contributed by atoms with Crippen LogP contribution >= 0.6 is 15.9 Å². The first-order valence-electron chi connectivity index (χ1n) is 5.64. The molecule has 0 aromatic carbocycles. The van der Waals surface area contributed by atoms with E-state index in [9.17, 15) is 4.79 Å². The van der Waals surface area contributed by atoms with Crippen molar-refractivity contribution in [1.82, 2.24) is 9.78 Å². The van der Waals surface area contributed by atoms with Gasteiger partial charge in [-0.2, -0.15) is 0 Å². The summed E-state index contributed by atoms with van der Waals surface area (Å²) in [6.07, 6.45) is 6.56. The third kappa shape index (κ3) is 2.74. The van der Waals surface area contributed by atoms with E-state index in [1.54, 1.807) is 10.7 Å². The van der Waals surface area contributed by atoms with Crippen molar-refractivity contribution in [2.75, 3.05) is 0 Å². The standard InChI is InChI=1S/C11H17BrN2O/c12-7-10-6-11(15)14(13-10)8-9-4-2-1-3-5-9/h6,9,13H,1-5,7-8H2. The lowest BCUT2D eigenvalue weighted by Gasteiger charge is -2.21. The average molecular weight is 273 g/mol. The van der Waals surface area contributed by atoms with Gasteiger partial charge in [0.15, 0.2) is 0 Å². The van der Waals surface area contributed by atoms with E-state index >= 15 is 0 Å². The van der Waals surface area contributed by atoms with E-state index < -0.39 is 0 Å². The number of nitrogens with zero attached hydrogens (tertiary/aromatic N) is 1. The molecule has 1 aliphatic carbocycles. The lowest BCUT2D eigenvalue weighted by Crippen LogP contribution is -2.22. The minimum absolute atomic E-state index is 0.107. The molecule has 0 radical (unpaired) electrons. The summed E-state index contributed by atoms with van der Waals surface area (Å²) >= 11 is 3.35. The summed E-state index contributed by atoms with van der Waals surface area (Å²) in [6.45, 7) is 0.867. The van der Waals surface area contributed by atoms with Crippen LogP contribution in [0.15, 0.2) is 10.9 Å². The molecule has 4 heteroatoms. The fourth-order valence-electron chi connectivity index (χ4n) is 2.32. The number of H-pyrrole nitrogens is 1. The second-order valence-corrected chi connectivity index (χ2v) is 4.93. The molecule has 0 saturated heterocycles. The first kappa shape index (κ1) is 11.0. The Bertz CT molecular complexity index is 363. The molecule has 2 rings (SSSR count). The SMILES string of the molecule is O=c1cc(CBr)[nH]n1CC1CCCCC1. The van der Waals surface area contributed by atoms with Gasteiger partial charge in [-0.15, -0.1) is 0 Å². The molecule has 3 nitrogen and oxygen atoms in total. The Labute approximate surface area is 98.0 Å². The Kier molecular flexibility index (Phi) is 3.67. The number of hydrogen-bond acceptors (Lipinski definition) is 1. The molecule has 15 heavy (non-hydrogen) atoms. The third-order valence-electron chi connectivity index (χ3n) is 3.15. The molecule has 1 fully saturated rings. The van der Waals surface area contributed by atoms with Gasteiger partial charge >= 0.3 is 0 Å². The summed E-state index contributed by atoms with van der Waals surface area (Å²) in [4.78, 5) is 11.6. The Balaban J connectivity index is 2.02. The predicted molar refractivity (Wildman–Crippen MR) is 64.3 cm³/mol. The molecule has 0 bridgehead atoms. The zero-order chi connectivity index (χ0) is 10.7. The van der Waals surface area contributed by atoms with Crippen LogP contribution in [0.1, 0.15) is 37.8 Å². The van der Waals surface area contributed by atoms with Crippen LogP contribution in [-0.4, -0.2) is 9.78 Å². The van der Waals surface area contributed by atoms with Crippen LogP contribution in [0, 0.1) is 5.92 Å². The van der Waals surface area contributed by atoms with Crippen molar-refractivity contribution in [1.29, 1.82) is 0 Å². The maximum absolute atomic E-state index is 11.6. The highest BCUT2D eigenvalue weighted by atomic mass is 79.9. The predicted octanol–water partition coefficient (Wildman–Crippen LogP) is 2.65. The van der Waals surface area contributed by atoms with Crippen LogP contribution in [0.3, 0.4) is 0 Å². The summed E-state index contributed by atoms with van der Waals surface area (Å²) in [5, 5.41) is 3.86. The number of halogens is 1. The van der Waals surface area contributed by atoms with Crippen LogP contribution in [0.4, 0.5) is 0 Å². The maximum Gasteiger partial charge on any atom is 0.266 e. The highest BCUT2D eigenvalue weighted by molar-refractivity contribution is 9.08. The Morgan fingerprint density at radius 3 is 2.73 bits per heavy atom. The van der Waals surface area contributed by atoms with E-state index in [0.29, 0.717) is 5.92 Å². The average Bonchev–Trinajstić information content (AvgIpc) is 2.61. The lowest BCUT2D eigenvalue weighted by molar-refractivity contribution is 0.304. The Morgan fingerprint density at radius 2 is 2.13 bits per heavy atom. The van der Waals surface area contributed by atoms with Crippen molar-refractivity contribution >= 4 is 15.9 Å². The number of rotatable bonds is 3. The second-order valence-electron chi connectivity index (χ2n) is 4.37. The first-order chi connectivity index (χ1) is 7.29. The lowest BCUT2D eigenvalue weighted by atomic mass is 9.89. The number of hydrogen-bond donors (Lipinski definition) is 1. The van der Waals surface area contributed by atoms with Crippen LogP contribution in [0.2, 0.25) is 0 Å². The van der Waals surface area contributed by atoms with E-state index in [-0.39, 0.29) is 5.56 Å². The zero-order valence-corrected chi connectivity index (χ0v) is 10.4. The van der Waals surface area contributed by atoms with Gasteiger partial charge in [0.2, 0.25) is 0 Å². The molecule has 84 valence electrons. The van der Waals surface area contributed by atoms with E-state index in [1.807, 2.05) is 0 Å². The van der Waals surface area contributed by atoms with E-state index in [0.717, 1.165) is 17.6 Å². The quantitative estimate of drug-likeness (QED) is 0.845. The van der Waals surface area contributed by atoms with E-state index in [2.05, 4.69) is 21.0 Å². The van der Waals surface area contributed by atoms with Crippen molar-refractivity contribution in [3.63, 3.8) is 0 Å². The number of aromatic amines is 1. The highest BCUT2D eigenvalue weighted by Gasteiger charge is 2.15. The van der Waals surface area contributed by atoms with Gasteiger partial charge in [-0.3, -0.25) is 14.6 Å². The molecular formula is C11H17BrN2O. The normalized spacial score (nSPS) is 18.2. The van der Waals surface area contributed by atoms with Crippen molar-refractivity contribution in [2.24, 2.45) is 5.92 Å². The van der Waals surface area contributed by atoms with Gasteiger partial charge in [-0.05, 0) is 18.8 Å². The molecule has 1 heterocycles. The second kappa shape index (κ2) is 5.01. The van der Waals surface area contributed by atoms with Crippen molar-refractivity contribution in [2.45, 2.75) is 44.0 Å². The third-order valence-corrected chi connectivity index (χ3v) is 3.76. The molecular weight excluding hydrogens is 256 g/mol. The van der Waals surface area contributed by atoms with E-state index in [4.69, 9.17) is 0 Å². The van der Waals surface area contributed by atoms with Gasteiger partial charge in [-0.25, -0.2) is 0 Å². The topological polar surface area (TPSA) is 37.8 Å². The molecule has 0 spiro atoms. The summed E-state index contributed by atoms with van der Waals surface area (Å²) in [5.74, 6) is 0.693. The van der Waals surface area contributed by atoms with Gasteiger partial charge in [0.05, 0.1) is 0 Å². The molecule has 0 unspecified atom stereocenters. The fraction of sp³-hybridized carbons (Fsp3) is 0.727. The molecule has 0 atom stereocenters. The van der Waals surface area contributed by atoms with Crippen molar-refractivity contribution < 1.29 is 0 Å². The van der Waals surface area contributed by atoms with Gasteiger partial charge in [0.25, 0.3) is 5.56 Å². The molecule has 1 aliphatic rings. The van der Waals surface area contributed by atoms with Crippen LogP contribution in [0.5, 0.6) is 0 Å². The summed E-state index contributed by atoms with van der Waals surface area (Å²) < 4.78 is 1.76. The van der Waals surface area contributed by atoms with Crippen LogP contribution in [-0.2, 0) is 11.9 Å². The van der Waals surface area contributed by atoms with E-state index in [1.165, 1.54) is 32.1 Å². The number of alkyl halides is 1. The maximum atomic E-state index is 11.6. The van der Waals surface area contributed by atoms with Gasteiger partial charge in [0, 0.05) is 23.6 Å². The molecule has 1 saturated carbocycles. The molecule has 0 aliphatic heterocycles. The summed E-state index contributed by atoms with van der Waals surface area (Å²) in [7, 11) is 0. The fourth-order valence-corrected chi connectivity index (χ4v) is 2.61. The molecule has 1 N–H and O–H groups in total. The zero-order valence-electron chi connectivity index (χ0n) is 8.84. The Hall–Kier alpha value is -0.510. The minimum Gasteiger partial charge on any atom is -0.299 e. The first-order valence-corrected chi connectivity index (χ1v) is 6.76. The number of aromatic nitrogens is 2. The summed E-state index contributed by atoms with van der Waals surface area (Å²) in [5.41, 5.74) is 1.07. The van der Waals surface area contributed by atoms with Crippen molar-refractivity contribution in [3.05, 3.63) is 22.1 Å². The van der Waals surface area contributed by atoms with Crippen molar-refractivity contribution in [3.8, 4) is 0 Å². The molecule has 1 aromatic rings. The van der Waals surface area contributed by atoms with Gasteiger partial charge in [0.1, 0.15) is 0 Å². The smallest absolute Gasteiger partial charge is 0.266 e. The Morgan fingerprint density at radius 1 is 1.40 bits per heavy atom. The largest absolute Gasteiger partial charge is 0.299 e. The minimum atomic E-state index is 0.107.